The van der Waals surface area contributed by atoms with Crippen LogP contribution in [-0.4, -0.2) is 16.0 Å². The van der Waals surface area contributed by atoms with E-state index in [1.54, 1.807) is 17.4 Å². The molecule has 0 aliphatic carbocycles. The van der Waals surface area contributed by atoms with Crippen molar-refractivity contribution in [3.63, 3.8) is 0 Å². The highest BCUT2D eigenvalue weighted by Gasteiger charge is 2.14. The van der Waals surface area contributed by atoms with Crippen LogP contribution >= 0.6 is 11.3 Å². The number of rotatable bonds is 3. The highest BCUT2D eigenvalue weighted by atomic mass is 32.1. The summed E-state index contributed by atoms with van der Waals surface area (Å²) in [5.74, 6) is 0.792. The summed E-state index contributed by atoms with van der Waals surface area (Å²) in [6.07, 6.45) is 0. The summed E-state index contributed by atoms with van der Waals surface area (Å²) in [6.45, 7) is 1.46. The van der Waals surface area contributed by atoms with Crippen molar-refractivity contribution in [2.75, 3.05) is 5.32 Å². The summed E-state index contributed by atoms with van der Waals surface area (Å²) < 4.78 is 5.29. The molecule has 0 aliphatic heterocycles. The van der Waals surface area contributed by atoms with E-state index in [2.05, 4.69) is 15.5 Å². The standard InChI is InChI=1S/C14H11N3O2S/c1-9(18)15-11-6-3-2-5-10(11)14-16-13(17-19-14)12-7-4-8-20-12/h2-8H,1H3,(H,15,18). The second kappa shape index (κ2) is 5.26. The van der Waals surface area contributed by atoms with Gasteiger partial charge in [-0.05, 0) is 23.6 Å². The number of amides is 1. The number of benzene rings is 1. The van der Waals surface area contributed by atoms with Gasteiger partial charge in [0, 0.05) is 6.92 Å². The van der Waals surface area contributed by atoms with Crippen LogP contribution in [0.5, 0.6) is 0 Å². The number of carbonyl (C=O) groups excluding carboxylic acids is 1. The Morgan fingerprint density at radius 3 is 2.85 bits per heavy atom. The van der Waals surface area contributed by atoms with Crippen molar-refractivity contribution in [3.8, 4) is 22.2 Å². The predicted octanol–water partition coefficient (Wildman–Crippen LogP) is 3.42. The molecule has 2 heterocycles. The first-order valence-electron chi connectivity index (χ1n) is 5.98. The van der Waals surface area contributed by atoms with Gasteiger partial charge in [-0.3, -0.25) is 4.79 Å². The minimum Gasteiger partial charge on any atom is -0.334 e. The van der Waals surface area contributed by atoms with Gasteiger partial charge < -0.3 is 9.84 Å². The normalized spacial score (nSPS) is 10.4. The van der Waals surface area contributed by atoms with Crippen molar-refractivity contribution in [1.82, 2.24) is 10.1 Å². The fourth-order valence-corrected chi connectivity index (χ4v) is 2.46. The van der Waals surface area contributed by atoms with Crippen LogP contribution in [0, 0.1) is 0 Å². The van der Waals surface area contributed by atoms with Crippen LogP contribution in [0.15, 0.2) is 46.3 Å². The van der Waals surface area contributed by atoms with Crippen molar-refractivity contribution >= 4 is 22.9 Å². The lowest BCUT2D eigenvalue weighted by Crippen LogP contribution is -2.06. The maximum Gasteiger partial charge on any atom is 0.260 e. The molecule has 3 aromatic rings. The number of para-hydroxylation sites is 1. The summed E-state index contributed by atoms with van der Waals surface area (Å²) >= 11 is 1.54. The highest BCUT2D eigenvalue weighted by Crippen LogP contribution is 2.29. The number of thiophene rings is 1. The molecule has 0 fully saturated rings. The summed E-state index contributed by atoms with van der Waals surface area (Å²) in [5, 5.41) is 8.67. The molecule has 0 bridgehead atoms. The molecule has 0 saturated carbocycles. The van der Waals surface area contributed by atoms with E-state index in [-0.39, 0.29) is 5.91 Å². The molecular weight excluding hydrogens is 274 g/mol. The topological polar surface area (TPSA) is 68.0 Å². The van der Waals surface area contributed by atoms with E-state index < -0.39 is 0 Å². The second-order valence-corrected chi connectivity index (χ2v) is 5.07. The first kappa shape index (κ1) is 12.6. The van der Waals surface area contributed by atoms with Gasteiger partial charge in [0.2, 0.25) is 11.7 Å². The Labute approximate surface area is 119 Å². The summed E-state index contributed by atoms with van der Waals surface area (Å²) in [5.41, 5.74) is 1.36. The molecule has 1 amide bonds. The molecule has 0 spiro atoms. The van der Waals surface area contributed by atoms with E-state index in [4.69, 9.17) is 4.52 Å². The SMILES string of the molecule is CC(=O)Nc1ccccc1-c1nc(-c2cccs2)no1. The minimum absolute atomic E-state index is 0.143. The van der Waals surface area contributed by atoms with E-state index in [9.17, 15) is 4.79 Å². The van der Waals surface area contributed by atoms with E-state index in [1.807, 2.05) is 35.7 Å². The zero-order valence-corrected chi connectivity index (χ0v) is 11.5. The predicted molar refractivity (Wildman–Crippen MR) is 77.4 cm³/mol. The summed E-state index contributed by atoms with van der Waals surface area (Å²) in [4.78, 5) is 16.5. The van der Waals surface area contributed by atoms with E-state index in [1.165, 1.54) is 6.92 Å². The molecule has 0 unspecified atom stereocenters. The lowest BCUT2D eigenvalue weighted by atomic mass is 10.1. The van der Waals surface area contributed by atoms with E-state index in [0.717, 1.165) is 4.88 Å². The van der Waals surface area contributed by atoms with Crippen molar-refractivity contribution in [1.29, 1.82) is 0 Å². The fraction of sp³-hybridized carbons (Fsp3) is 0.0714. The summed E-state index contributed by atoms with van der Waals surface area (Å²) in [6, 6.07) is 11.2. The van der Waals surface area contributed by atoms with Crippen LogP contribution in [-0.2, 0) is 4.79 Å². The monoisotopic (exact) mass is 285 g/mol. The molecule has 0 saturated heterocycles. The third-order valence-corrected chi connectivity index (χ3v) is 3.50. The summed E-state index contributed by atoms with van der Waals surface area (Å²) in [7, 11) is 0. The minimum atomic E-state index is -0.143. The Morgan fingerprint density at radius 1 is 1.25 bits per heavy atom. The number of hydrogen-bond acceptors (Lipinski definition) is 5. The lowest BCUT2D eigenvalue weighted by molar-refractivity contribution is -0.114. The molecule has 3 rings (SSSR count). The molecule has 100 valence electrons. The number of hydrogen-bond donors (Lipinski definition) is 1. The van der Waals surface area contributed by atoms with Crippen molar-refractivity contribution in [2.45, 2.75) is 6.92 Å². The molecular formula is C14H11N3O2S. The first-order valence-corrected chi connectivity index (χ1v) is 6.86. The van der Waals surface area contributed by atoms with Crippen molar-refractivity contribution < 1.29 is 9.32 Å². The maximum atomic E-state index is 11.2. The molecule has 6 heteroatoms. The fourth-order valence-electron chi connectivity index (χ4n) is 1.81. The Hall–Kier alpha value is -2.47. The molecule has 20 heavy (non-hydrogen) atoms. The number of nitrogens with zero attached hydrogens (tertiary/aromatic N) is 2. The zero-order valence-electron chi connectivity index (χ0n) is 10.7. The van der Waals surface area contributed by atoms with Gasteiger partial charge in [-0.15, -0.1) is 11.3 Å². The zero-order chi connectivity index (χ0) is 13.9. The quantitative estimate of drug-likeness (QED) is 0.800. The van der Waals surface area contributed by atoms with Crippen molar-refractivity contribution in [2.24, 2.45) is 0 Å². The van der Waals surface area contributed by atoms with Crippen LogP contribution in [0.4, 0.5) is 5.69 Å². The maximum absolute atomic E-state index is 11.2. The van der Waals surface area contributed by atoms with Crippen LogP contribution < -0.4 is 5.32 Å². The first-order chi connectivity index (χ1) is 9.74. The molecule has 0 aliphatic rings. The van der Waals surface area contributed by atoms with E-state index >= 15 is 0 Å². The third-order valence-electron chi connectivity index (χ3n) is 2.64. The molecule has 0 atom stereocenters. The van der Waals surface area contributed by atoms with Gasteiger partial charge in [0.25, 0.3) is 5.89 Å². The average Bonchev–Trinajstić information content (AvgIpc) is 3.10. The third kappa shape index (κ3) is 2.46. The highest BCUT2D eigenvalue weighted by molar-refractivity contribution is 7.13. The van der Waals surface area contributed by atoms with Gasteiger partial charge in [0.1, 0.15) is 0 Å². The molecule has 1 aromatic carbocycles. The molecule has 2 aromatic heterocycles. The number of aromatic nitrogens is 2. The van der Waals surface area contributed by atoms with Crippen molar-refractivity contribution in [3.05, 3.63) is 41.8 Å². The Bertz CT molecular complexity index is 734. The van der Waals surface area contributed by atoms with Gasteiger partial charge >= 0.3 is 0 Å². The van der Waals surface area contributed by atoms with Crippen LogP contribution in [0.1, 0.15) is 6.92 Å². The van der Waals surface area contributed by atoms with Gasteiger partial charge in [0.15, 0.2) is 0 Å². The molecule has 0 radical (unpaired) electrons. The van der Waals surface area contributed by atoms with Gasteiger partial charge in [0.05, 0.1) is 16.1 Å². The smallest absolute Gasteiger partial charge is 0.260 e. The van der Waals surface area contributed by atoms with Gasteiger partial charge in [-0.1, -0.05) is 23.4 Å². The number of nitrogens with one attached hydrogen (secondary N) is 1. The number of anilines is 1. The Kier molecular flexibility index (Phi) is 3.30. The second-order valence-electron chi connectivity index (χ2n) is 4.13. The Morgan fingerprint density at radius 2 is 2.10 bits per heavy atom. The average molecular weight is 285 g/mol. The largest absolute Gasteiger partial charge is 0.334 e. The van der Waals surface area contributed by atoms with Crippen LogP contribution in [0.25, 0.3) is 22.2 Å². The van der Waals surface area contributed by atoms with Crippen LogP contribution in [0.2, 0.25) is 0 Å². The molecule has 1 N–H and O–H groups in total. The van der Waals surface area contributed by atoms with Gasteiger partial charge in [-0.25, -0.2) is 0 Å². The van der Waals surface area contributed by atoms with Gasteiger partial charge in [-0.2, -0.15) is 4.98 Å². The molecule has 5 nitrogen and oxygen atoms in total. The number of carbonyl (C=O) groups is 1. The van der Waals surface area contributed by atoms with Crippen LogP contribution in [0.3, 0.4) is 0 Å². The van der Waals surface area contributed by atoms with E-state index in [0.29, 0.717) is 23.0 Å². The lowest BCUT2D eigenvalue weighted by Gasteiger charge is -2.05. The Balaban J connectivity index is 1.99.